The Labute approximate surface area is 116 Å². The van der Waals surface area contributed by atoms with E-state index < -0.39 is 0 Å². The fourth-order valence-electron chi connectivity index (χ4n) is 3.37. The molecule has 6 heteroatoms. The summed E-state index contributed by atoms with van der Waals surface area (Å²) in [6.07, 6.45) is 5.01. The molecular formula is C13H19N3O2S. The smallest absolute Gasteiger partial charge is 0.268 e. The van der Waals surface area contributed by atoms with Gasteiger partial charge in [0, 0.05) is 12.1 Å². The van der Waals surface area contributed by atoms with Gasteiger partial charge in [-0.3, -0.25) is 4.79 Å². The minimum absolute atomic E-state index is 0.0813. The van der Waals surface area contributed by atoms with Gasteiger partial charge in [0.25, 0.3) is 5.91 Å². The molecule has 3 rings (SSSR count). The number of aliphatic hydroxyl groups is 1. The minimum Gasteiger partial charge on any atom is -0.393 e. The quantitative estimate of drug-likeness (QED) is 0.914. The highest BCUT2D eigenvalue weighted by molar-refractivity contribution is 7.08. The Morgan fingerprint density at radius 3 is 2.74 bits per heavy atom. The summed E-state index contributed by atoms with van der Waals surface area (Å²) in [5.41, 5.74) is 0.836. The van der Waals surface area contributed by atoms with Gasteiger partial charge in [0.05, 0.1) is 11.8 Å². The summed E-state index contributed by atoms with van der Waals surface area (Å²) < 4.78 is 3.94. The molecule has 1 aromatic rings. The number of rotatable bonds is 3. The van der Waals surface area contributed by atoms with Crippen LogP contribution in [0, 0.1) is 0 Å². The van der Waals surface area contributed by atoms with Crippen molar-refractivity contribution >= 4 is 17.4 Å². The van der Waals surface area contributed by atoms with Crippen LogP contribution in [0.2, 0.25) is 0 Å². The second kappa shape index (κ2) is 5.17. The lowest BCUT2D eigenvalue weighted by Crippen LogP contribution is -2.48. The van der Waals surface area contributed by atoms with E-state index >= 15 is 0 Å². The van der Waals surface area contributed by atoms with Crippen LogP contribution >= 0.6 is 11.5 Å². The van der Waals surface area contributed by atoms with E-state index in [0.717, 1.165) is 44.2 Å². The second-order valence-electron chi connectivity index (χ2n) is 5.52. The first-order valence-corrected chi connectivity index (χ1v) is 7.80. The molecule has 5 nitrogen and oxygen atoms in total. The fourth-order valence-corrected chi connectivity index (χ4v) is 4.02. The summed E-state index contributed by atoms with van der Waals surface area (Å²) in [6.45, 7) is 2.08. The van der Waals surface area contributed by atoms with Crippen LogP contribution in [0.5, 0.6) is 0 Å². The van der Waals surface area contributed by atoms with Crippen molar-refractivity contribution < 1.29 is 9.90 Å². The number of aromatic nitrogens is 2. The van der Waals surface area contributed by atoms with Crippen molar-refractivity contribution in [3.8, 4) is 0 Å². The molecule has 0 saturated carbocycles. The molecule has 0 aliphatic carbocycles. The Morgan fingerprint density at radius 1 is 1.42 bits per heavy atom. The van der Waals surface area contributed by atoms with Crippen molar-refractivity contribution in [3.05, 3.63) is 10.6 Å². The van der Waals surface area contributed by atoms with Gasteiger partial charge in [0.2, 0.25) is 0 Å². The van der Waals surface area contributed by atoms with Gasteiger partial charge in [0.15, 0.2) is 0 Å². The Kier molecular flexibility index (Phi) is 3.54. The zero-order valence-corrected chi connectivity index (χ0v) is 11.9. The number of piperidine rings is 1. The molecule has 19 heavy (non-hydrogen) atoms. The third-order valence-corrected chi connectivity index (χ3v) is 4.94. The molecule has 2 saturated heterocycles. The zero-order valence-electron chi connectivity index (χ0n) is 11.1. The maximum Gasteiger partial charge on any atom is 0.268 e. The van der Waals surface area contributed by atoms with E-state index in [1.54, 1.807) is 0 Å². The Morgan fingerprint density at radius 2 is 2.11 bits per heavy atom. The van der Waals surface area contributed by atoms with Gasteiger partial charge in [-0.05, 0) is 43.6 Å². The molecule has 2 unspecified atom stereocenters. The normalized spacial score (nSPS) is 29.8. The van der Waals surface area contributed by atoms with E-state index in [1.807, 2.05) is 4.90 Å². The summed E-state index contributed by atoms with van der Waals surface area (Å²) in [5, 5.41) is 13.9. The number of fused-ring (bicyclic) bond motifs is 2. The summed E-state index contributed by atoms with van der Waals surface area (Å²) in [5.74, 6) is 0.0813. The number of amides is 1. The highest BCUT2D eigenvalue weighted by atomic mass is 32.1. The highest BCUT2D eigenvalue weighted by Gasteiger charge is 2.43. The lowest BCUT2D eigenvalue weighted by Gasteiger charge is -2.36. The van der Waals surface area contributed by atoms with Gasteiger partial charge in [-0.2, -0.15) is 0 Å². The number of hydrogen-bond acceptors (Lipinski definition) is 5. The highest BCUT2D eigenvalue weighted by Crippen LogP contribution is 2.37. The van der Waals surface area contributed by atoms with Crippen molar-refractivity contribution in [3.63, 3.8) is 0 Å². The monoisotopic (exact) mass is 281 g/mol. The fraction of sp³-hybridized carbons (Fsp3) is 0.769. The second-order valence-corrected chi connectivity index (χ2v) is 6.28. The Bertz CT molecular complexity index is 462. The van der Waals surface area contributed by atoms with Gasteiger partial charge in [-0.1, -0.05) is 17.8 Å². The summed E-state index contributed by atoms with van der Waals surface area (Å²) in [7, 11) is 0. The van der Waals surface area contributed by atoms with Gasteiger partial charge in [-0.25, -0.2) is 0 Å². The van der Waals surface area contributed by atoms with E-state index in [2.05, 4.69) is 16.5 Å². The molecule has 2 fully saturated rings. The zero-order chi connectivity index (χ0) is 13.4. The molecular weight excluding hydrogens is 262 g/mol. The van der Waals surface area contributed by atoms with Crippen molar-refractivity contribution in [1.82, 2.24) is 14.5 Å². The molecule has 0 aromatic carbocycles. The van der Waals surface area contributed by atoms with Crippen LogP contribution in [0.1, 0.15) is 54.4 Å². The van der Waals surface area contributed by atoms with Crippen molar-refractivity contribution in [1.29, 1.82) is 0 Å². The molecule has 0 radical (unpaired) electrons. The first-order chi connectivity index (χ1) is 9.20. The first kappa shape index (κ1) is 13.0. The predicted octanol–water partition coefficient (Wildman–Crippen LogP) is 1.62. The van der Waals surface area contributed by atoms with Gasteiger partial charge < -0.3 is 10.0 Å². The largest absolute Gasteiger partial charge is 0.393 e. The Hall–Kier alpha value is -1.01. The van der Waals surface area contributed by atoms with E-state index in [4.69, 9.17) is 0 Å². The van der Waals surface area contributed by atoms with E-state index in [9.17, 15) is 9.90 Å². The van der Waals surface area contributed by atoms with Crippen LogP contribution in [-0.2, 0) is 6.42 Å². The van der Waals surface area contributed by atoms with E-state index in [0.29, 0.717) is 4.88 Å². The standard InChI is InChI=1S/C13H19N3O2S/c1-2-3-11-12(19-15-14-11)13(18)16-8-4-5-9(16)7-10(17)6-8/h8-10,17H,2-7H2,1H3. The van der Waals surface area contributed by atoms with Crippen molar-refractivity contribution in [2.24, 2.45) is 0 Å². The summed E-state index contributed by atoms with van der Waals surface area (Å²) in [4.78, 5) is 15.4. The first-order valence-electron chi connectivity index (χ1n) is 7.02. The number of nitrogens with zero attached hydrogens (tertiary/aromatic N) is 3. The number of carbonyl (C=O) groups excluding carboxylic acids is 1. The van der Waals surface area contributed by atoms with Crippen LogP contribution in [0.3, 0.4) is 0 Å². The van der Waals surface area contributed by atoms with Gasteiger partial charge in [-0.15, -0.1) is 5.10 Å². The van der Waals surface area contributed by atoms with Gasteiger partial charge >= 0.3 is 0 Å². The average Bonchev–Trinajstić information content (AvgIpc) is 2.93. The number of carbonyl (C=O) groups is 1. The number of hydrogen-bond donors (Lipinski definition) is 1. The number of aliphatic hydroxyl groups excluding tert-OH is 1. The van der Waals surface area contributed by atoms with Crippen LogP contribution in [0.15, 0.2) is 0 Å². The molecule has 3 heterocycles. The molecule has 104 valence electrons. The van der Waals surface area contributed by atoms with Crippen LogP contribution < -0.4 is 0 Å². The molecule has 2 aliphatic heterocycles. The molecule has 2 bridgehead atoms. The van der Waals surface area contributed by atoms with Gasteiger partial charge in [0.1, 0.15) is 4.88 Å². The van der Waals surface area contributed by atoms with E-state index in [1.165, 1.54) is 11.5 Å². The van der Waals surface area contributed by atoms with Crippen LogP contribution in [-0.4, -0.2) is 43.7 Å². The third-order valence-electron chi connectivity index (χ3n) is 4.18. The topological polar surface area (TPSA) is 66.3 Å². The maximum absolute atomic E-state index is 12.7. The summed E-state index contributed by atoms with van der Waals surface area (Å²) >= 11 is 1.21. The van der Waals surface area contributed by atoms with E-state index in [-0.39, 0.29) is 24.1 Å². The third kappa shape index (κ3) is 2.27. The summed E-state index contributed by atoms with van der Waals surface area (Å²) in [6, 6.07) is 0.413. The van der Waals surface area contributed by atoms with Crippen molar-refractivity contribution in [2.75, 3.05) is 0 Å². The predicted molar refractivity (Wildman–Crippen MR) is 72.1 cm³/mol. The lowest BCUT2D eigenvalue weighted by atomic mass is 9.99. The number of aryl methyl sites for hydroxylation is 1. The SMILES string of the molecule is CCCc1nnsc1C(=O)N1C2CCC1CC(O)C2. The molecule has 1 aromatic heterocycles. The molecule has 1 amide bonds. The van der Waals surface area contributed by atoms with Crippen molar-refractivity contribution in [2.45, 2.75) is 63.6 Å². The molecule has 1 N–H and O–H groups in total. The van der Waals surface area contributed by atoms with Crippen LogP contribution in [0.25, 0.3) is 0 Å². The average molecular weight is 281 g/mol. The minimum atomic E-state index is -0.240. The molecule has 2 aliphatic rings. The Balaban J connectivity index is 1.82. The molecule has 0 spiro atoms. The van der Waals surface area contributed by atoms with Crippen LogP contribution in [0.4, 0.5) is 0 Å². The maximum atomic E-state index is 12.7. The lowest BCUT2D eigenvalue weighted by molar-refractivity contribution is 0.0289. The molecule has 2 atom stereocenters.